The Morgan fingerprint density at radius 1 is 1.05 bits per heavy atom. The molecule has 0 heterocycles. The van der Waals surface area contributed by atoms with Crippen molar-refractivity contribution in [3.8, 4) is 11.5 Å². The van der Waals surface area contributed by atoms with Crippen LogP contribution in [0, 0.1) is 0 Å². The third kappa shape index (κ3) is 3.25. The van der Waals surface area contributed by atoms with Gasteiger partial charge in [0.1, 0.15) is 17.1 Å². The van der Waals surface area contributed by atoms with Crippen molar-refractivity contribution >= 4 is 11.9 Å². The summed E-state index contributed by atoms with van der Waals surface area (Å²) in [5, 5.41) is 18.5. The van der Waals surface area contributed by atoms with Crippen molar-refractivity contribution in [1.29, 1.82) is 0 Å². The molecule has 0 aliphatic heterocycles. The van der Waals surface area contributed by atoms with Gasteiger partial charge in [-0.25, -0.2) is 9.59 Å². The van der Waals surface area contributed by atoms with E-state index in [0.717, 1.165) is 0 Å². The number of phenols is 1. The van der Waals surface area contributed by atoms with E-state index in [0.29, 0.717) is 5.56 Å². The van der Waals surface area contributed by atoms with E-state index in [-0.39, 0.29) is 28.5 Å². The summed E-state index contributed by atoms with van der Waals surface area (Å²) in [5.41, 5.74) is 0.818. The Hall–Kier alpha value is -2.82. The zero-order chi connectivity index (χ0) is 16.3. The molecule has 0 bridgehead atoms. The molecule has 0 radical (unpaired) electrons. The zero-order valence-electron chi connectivity index (χ0n) is 12.2. The molecule has 0 fully saturated rings. The number of benzene rings is 2. The molecule has 0 aromatic heterocycles. The Balaban J connectivity index is 2.41. The lowest BCUT2D eigenvalue weighted by Crippen LogP contribution is -2.13. The van der Waals surface area contributed by atoms with Gasteiger partial charge in [0.15, 0.2) is 0 Å². The first kappa shape index (κ1) is 15.6. The molecular formula is C17H16O5. The molecule has 2 aromatic rings. The number of aromatic hydroxyl groups is 1. The third-order valence-electron chi connectivity index (χ3n) is 3.20. The summed E-state index contributed by atoms with van der Waals surface area (Å²) >= 11 is 0. The summed E-state index contributed by atoms with van der Waals surface area (Å²) in [6.07, 6.45) is 0. The molecule has 0 saturated heterocycles. The van der Waals surface area contributed by atoms with Gasteiger partial charge in [-0.1, -0.05) is 26.0 Å². The summed E-state index contributed by atoms with van der Waals surface area (Å²) in [6.45, 7) is 3.78. The van der Waals surface area contributed by atoms with Crippen LogP contribution in [0.15, 0.2) is 42.5 Å². The first-order valence-corrected chi connectivity index (χ1v) is 6.77. The van der Waals surface area contributed by atoms with Crippen molar-refractivity contribution in [1.82, 2.24) is 0 Å². The van der Waals surface area contributed by atoms with E-state index in [1.807, 2.05) is 13.8 Å². The summed E-state index contributed by atoms with van der Waals surface area (Å²) < 4.78 is 5.32. The van der Waals surface area contributed by atoms with Crippen LogP contribution < -0.4 is 4.74 Å². The monoisotopic (exact) mass is 300 g/mol. The van der Waals surface area contributed by atoms with Crippen LogP contribution in [0.4, 0.5) is 0 Å². The zero-order valence-corrected chi connectivity index (χ0v) is 12.2. The van der Waals surface area contributed by atoms with Gasteiger partial charge in [-0.2, -0.15) is 0 Å². The highest BCUT2D eigenvalue weighted by Crippen LogP contribution is 2.31. The molecule has 5 nitrogen and oxygen atoms in total. The van der Waals surface area contributed by atoms with Gasteiger partial charge in [0.05, 0.1) is 5.56 Å². The maximum absolute atomic E-state index is 12.2. The van der Waals surface area contributed by atoms with Crippen LogP contribution >= 0.6 is 0 Å². The molecular weight excluding hydrogens is 284 g/mol. The number of rotatable bonds is 4. The van der Waals surface area contributed by atoms with Crippen LogP contribution in [0.2, 0.25) is 0 Å². The maximum atomic E-state index is 12.2. The lowest BCUT2D eigenvalue weighted by molar-refractivity contribution is 0.0680. The predicted octanol–water partition coefficient (Wildman–Crippen LogP) is 3.43. The van der Waals surface area contributed by atoms with Gasteiger partial charge in [0.25, 0.3) is 0 Å². The van der Waals surface area contributed by atoms with E-state index in [1.165, 1.54) is 30.3 Å². The van der Waals surface area contributed by atoms with Crippen LogP contribution in [-0.4, -0.2) is 22.2 Å². The largest absolute Gasteiger partial charge is 0.508 e. The second-order valence-corrected chi connectivity index (χ2v) is 5.12. The Morgan fingerprint density at radius 3 is 2.23 bits per heavy atom. The van der Waals surface area contributed by atoms with Crippen LogP contribution in [0.25, 0.3) is 0 Å². The average molecular weight is 300 g/mol. The number of esters is 1. The lowest BCUT2D eigenvalue weighted by atomic mass is 9.99. The van der Waals surface area contributed by atoms with Crippen molar-refractivity contribution in [3.63, 3.8) is 0 Å². The predicted molar refractivity (Wildman–Crippen MR) is 80.6 cm³/mol. The Labute approximate surface area is 127 Å². The van der Waals surface area contributed by atoms with E-state index in [1.54, 1.807) is 12.1 Å². The molecule has 0 spiro atoms. The average Bonchev–Trinajstić information content (AvgIpc) is 2.47. The van der Waals surface area contributed by atoms with Gasteiger partial charge < -0.3 is 14.9 Å². The summed E-state index contributed by atoms with van der Waals surface area (Å²) in [7, 11) is 0. The van der Waals surface area contributed by atoms with Crippen molar-refractivity contribution < 1.29 is 24.5 Å². The Morgan fingerprint density at radius 2 is 1.68 bits per heavy atom. The van der Waals surface area contributed by atoms with Crippen molar-refractivity contribution in [2.75, 3.05) is 0 Å². The maximum Gasteiger partial charge on any atom is 0.343 e. The normalized spacial score (nSPS) is 10.5. The molecule has 0 amide bonds. The molecule has 0 saturated carbocycles. The molecule has 0 atom stereocenters. The van der Waals surface area contributed by atoms with Crippen molar-refractivity contribution in [2.45, 2.75) is 19.8 Å². The number of hydrogen-bond acceptors (Lipinski definition) is 4. The van der Waals surface area contributed by atoms with Crippen LogP contribution in [0.3, 0.4) is 0 Å². The fourth-order valence-electron chi connectivity index (χ4n) is 2.04. The van der Waals surface area contributed by atoms with E-state index in [2.05, 4.69) is 0 Å². The van der Waals surface area contributed by atoms with Gasteiger partial charge in [-0.3, -0.25) is 0 Å². The second kappa shape index (κ2) is 6.30. The number of hydrogen-bond donors (Lipinski definition) is 2. The standard InChI is InChI=1S/C17H16O5/c1-10(2)13-4-3-5-14(16(19)20)15(13)22-17(21)11-6-8-12(18)9-7-11/h3-10,18H,1-2H3,(H,19,20). The number of carboxylic acid groups (broad SMARTS) is 1. The van der Waals surface area contributed by atoms with Crippen LogP contribution in [-0.2, 0) is 0 Å². The topological polar surface area (TPSA) is 83.8 Å². The van der Waals surface area contributed by atoms with Gasteiger partial charge in [-0.05, 0) is 41.8 Å². The number of carboxylic acids is 1. The van der Waals surface area contributed by atoms with Crippen molar-refractivity contribution in [3.05, 3.63) is 59.2 Å². The minimum absolute atomic E-state index is 0.00178. The molecule has 0 aliphatic carbocycles. The van der Waals surface area contributed by atoms with E-state index in [4.69, 9.17) is 4.74 Å². The van der Waals surface area contributed by atoms with E-state index >= 15 is 0 Å². The van der Waals surface area contributed by atoms with E-state index < -0.39 is 11.9 Å². The molecule has 2 aromatic carbocycles. The highest BCUT2D eigenvalue weighted by atomic mass is 16.5. The highest BCUT2D eigenvalue weighted by Gasteiger charge is 2.20. The number of ether oxygens (including phenoxy) is 1. The van der Waals surface area contributed by atoms with Gasteiger partial charge in [0.2, 0.25) is 0 Å². The molecule has 114 valence electrons. The lowest BCUT2D eigenvalue weighted by Gasteiger charge is -2.15. The SMILES string of the molecule is CC(C)c1cccc(C(=O)O)c1OC(=O)c1ccc(O)cc1. The molecule has 0 unspecified atom stereocenters. The summed E-state index contributed by atoms with van der Waals surface area (Å²) in [5.74, 6) is -1.73. The number of aromatic carboxylic acids is 1. The van der Waals surface area contributed by atoms with Crippen LogP contribution in [0.1, 0.15) is 46.0 Å². The molecule has 2 N–H and O–H groups in total. The van der Waals surface area contributed by atoms with Gasteiger partial charge in [0, 0.05) is 0 Å². The quantitative estimate of drug-likeness (QED) is 0.667. The van der Waals surface area contributed by atoms with Gasteiger partial charge in [-0.15, -0.1) is 0 Å². The highest BCUT2D eigenvalue weighted by molar-refractivity contribution is 5.96. The Bertz CT molecular complexity index is 701. The van der Waals surface area contributed by atoms with Gasteiger partial charge >= 0.3 is 11.9 Å². The fourth-order valence-corrected chi connectivity index (χ4v) is 2.04. The first-order chi connectivity index (χ1) is 10.4. The fraction of sp³-hybridized carbons (Fsp3) is 0.176. The summed E-state index contributed by atoms with van der Waals surface area (Å²) in [6, 6.07) is 10.3. The first-order valence-electron chi connectivity index (χ1n) is 6.77. The van der Waals surface area contributed by atoms with Crippen molar-refractivity contribution in [2.24, 2.45) is 0 Å². The Kier molecular flexibility index (Phi) is 4.46. The number of phenolic OH excluding ortho intramolecular Hbond substituents is 1. The number of carbonyl (C=O) groups excluding carboxylic acids is 1. The molecule has 0 aliphatic rings. The molecule has 2 rings (SSSR count). The minimum Gasteiger partial charge on any atom is -0.508 e. The number of para-hydroxylation sites is 1. The smallest absolute Gasteiger partial charge is 0.343 e. The second-order valence-electron chi connectivity index (χ2n) is 5.12. The third-order valence-corrected chi connectivity index (χ3v) is 3.20. The van der Waals surface area contributed by atoms with Crippen LogP contribution in [0.5, 0.6) is 11.5 Å². The minimum atomic E-state index is -1.16. The van der Waals surface area contributed by atoms with E-state index in [9.17, 15) is 19.8 Å². The molecule has 5 heteroatoms. The number of carbonyl (C=O) groups is 2. The summed E-state index contributed by atoms with van der Waals surface area (Å²) in [4.78, 5) is 23.5. The molecule has 22 heavy (non-hydrogen) atoms.